The first-order valence-corrected chi connectivity index (χ1v) is 12.2. The van der Waals surface area contributed by atoms with Gasteiger partial charge in [-0.2, -0.15) is 4.98 Å². The fraction of sp³-hybridized carbons (Fsp3) is 0.167. The van der Waals surface area contributed by atoms with Crippen molar-refractivity contribution in [1.82, 2.24) is 19.7 Å². The minimum atomic E-state index is -0.0599. The van der Waals surface area contributed by atoms with Crippen LogP contribution in [0, 0.1) is 0 Å². The van der Waals surface area contributed by atoms with Crippen LogP contribution >= 0.6 is 23.1 Å². The Kier molecular flexibility index (Phi) is 5.97. The molecule has 5 aromatic rings. The largest absolute Gasteiger partial charge is 0.494 e. The van der Waals surface area contributed by atoms with Crippen LogP contribution in [0.15, 0.2) is 75.1 Å². The molecule has 0 N–H and O–H groups in total. The maximum atomic E-state index is 12.9. The van der Waals surface area contributed by atoms with Crippen LogP contribution in [-0.2, 0) is 12.8 Å². The summed E-state index contributed by atoms with van der Waals surface area (Å²) in [5.41, 5.74) is 2.56. The Bertz CT molecular complexity index is 1460. The molecule has 9 heteroatoms. The third kappa shape index (κ3) is 4.42. The Morgan fingerprint density at radius 3 is 2.61 bits per heavy atom. The number of thiophene rings is 1. The lowest BCUT2D eigenvalue weighted by Gasteiger charge is -2.05. The Morgan fingerprint density at radius 1 is 1.06 bits per heavy atom. The summed E-state index contributed by atoms with van der Waals surface area (Å²) in [4.78, 5) is 23.1. The minimum Gasteiger partial charge on any atom is -0.494 e. The van der Waals surface area contributed by atoms with E-state index in [4.69, 9.17) is 14.2 Å². The average Bonchev–Trinajstić information content (AvgIpc) is 3.49. The van der Waals surface area contributed by atoms with Gasteiger partial charge >= 0.3 is 0 Å². The van der Waals surface area contributed by atoms with Crippen LogP contribution in [0.5, 0.6) is 5.75 Å². The van der Waals surface area contributed by atoms with Gasteiger partial charge in [0, 0.05) is 17.5 Å². The minimum absolute atomic E-state index is 0.0599. The molecule has 0 unspecified atom stereocenters. The fourth-order valence-corrected chi connectivity index (χ4v) is 5.22. The van der Waals surface area contributed by atoms with Crippen molar-refractivity contribution in [3.05, 3.63) is 76.9 Å². The number of nitrogens with zero attached hydrogens (tertiary/aromatic N) is 4. The average molecular weight is 477 g/mol. The highest BCUT2D eigenvalue weighted by Crippen LogP contribution is 2.32. The van der Waals surface area contributed by atoms with Crippen LogP contribution in [-0.4, -0.2) is 26.3 Å². The van der Waals surface area contributed by atoms with Crippen molar-refractivity contribution in [2.75, 3.05) is 6.61 Å². The van der Waals surface area contributed by atoms with Gasteiger partial charge in [-0.05, 0) is 42.8 Å². The Hall–Kier alpha value is -3.43. The lowest BCUT2D eigenvalue weighted by molar-refractivity contribution is 0.340. The molecule has 0 bridgehead atoms. The van der Waals surface area contributed by atoms with Crippen molar-refractivity contribution < 1.29 is 9.26 Å². The van der Waals surface area contributed by atoms with E-state index < -0.39 is 0 Å². The van der Waals surface area contributed by atoms with Crippen LogP contribution in [0.4, 0.5) is 0 Å². The van der Waals surface area contributed by atoms with E-state index in [1.54, 1.807) is 11.6 Å². The summed E-state index contributed by atoms with van der Waals surface area (Å²) in [6, 6.07) is 19.5. The molecule has 0 atom stereocenters. The molecule has 0 saturated carbocycles. The molecule has 0 radical (unpaired) electrons. The first-order chi connectivity index (χ1) is 16.1. The number of hydrogen-bond acceptors (Lipinski definition) is 8. The zero-order valence-corrected chi connectivity index (χ0v) is 19.7. The van der Waals surface area contributed by atoms with Crippen LogP contribution in [0.1, 0.15) is 12.8 Å². The molecule has 0 spiro atoms. The molecule has 166 valence electrons. The third-order valence-electron chi connectivity index (χ3n) is 4.99. The number of rotatable bonds is 7. The highest BCUT2D eigenvalue weighted by atomic mass is 32.2. The quantitative estimate of drug-likeness (QED) is 0.230. The predicted molar refractivity (Wildman–Crippen MR) is 131 cm³/mol. The molecule has 5 rings (SSSR count). The SMILES string of the molecule is CCOc1ccc(-c2noc(CSc3nc4cc(-c5ccccc5)sc4c(=O)n3C)n2)cc1. The summed E-state index contributed by atoms with van der Waals surface area (Å²) < 4.78 is 13.1. The van der Waals surface area contributed by atoms with Crippen molar-refractivity contribution in [2.24, 2.45) is 7.05 Å². The van der Waals surface area contributed by atoms with E-state index in [1.165, 1.54) is 23.1 Å². The van der Waals surface area contributed by atoms with E-state index in [2.05, 4.69) is 10.1 Å². The van der Waals surface area contributed by atoms with Crippen molar-refractivity contribution in [2.45, 2.75) is 17.8 Å². The summed E-state index contributed by atoms with van der Waals surface area (Å²) >= 11 is 2.86. The van der Waals surface area contributed by atoms with E-state index in [9.17, 15) is 4.79 Å². The second-order valence-corrected chi connectivity index (χ2v) is 9.20. The molecule has 0 saturated heterocycles. The summed E-state index contributed by atoms with van der Waals surface area (Å²) in [6.07, 6.45) is 0. The maximum Gasteiger partial charge on any atom is 0.271 e. The third-order valence-corrected chi connectivity index (χ3v) is 7.17. The van der Waals surface area contributed by atoms with Crippen molar-refractivity contribution in [1.29, 1.82) is 0 Å². The smallest absolute Gasteiger partial charge is 0.271 e. The van der Waals surface area contributed by atoms with Crippen LogP contribution < -0.4 is 10.3 Å². The summed E-state index contributed by atoms with van der Waals surface area (Å²) in [7, 11) is 1.73. The van der Waals surface area contributed by atoms with Gasteiger partial charge in [-0.15, -0.1) is 11.3 Å². The molecule has 33 heavy (non-hydrogen) atoms. The Balaban J connectivity index is 1.35. The van der Waals surface area contributed by atoms with E-state index in [1.807, 2.05) is 67.6 Å². The highest BCUT2D eigenvalue weighted by Gasteiger charge is 2.15. The zero-order valence-electron chi connectivity index (χ0n) is 18.0. The lowest BCUT2D eigenvalue weighted by atomic mass is 10.2. The van der Waals surface area contributed by atoms with Gasteiger partial charge in [0.15, 0.2) is 5.16 Å². The maximum absolute atomic E-state index is 12.9. The monoisotopic (exact) mass is 476 g/mol. The molecule has 3 heterocycles. The lowest BCUT2D eigenvalue weighted by Crippen LogP contribution is -2.18. The Morgan fingerprint density at radius 2 is 1.85 bits per heavy atom. The summed E-state index contributed by atoms with van der Waals surface area (Å²) in [5.74, 6) is 2.18. The molecule has 0 aliphatic carbocycles. The molecular formula is C24H20N4O3S2. The summed E-state index contributed by atoms with van der Waals surface area (Å²) in [6.45, 7) is 2.56. The van der Waals surface area contributed by atoms with E-state index in [0.29, 0.717) is 39.4 Å². The number of thioether (sulfide) groups is 1. The normalized spacial score (nSPS) is 11.2. The van der Waals surface area contributed by atoms with Gasteiger partial charge in [-0.1, -0.05) is 47.3 Å². The van der Waals surface area contributed by atoms with Gasteiger partial charge in [0.05, 0.1) is 17.9 Å². The van der Waals surface area contributed by atoms with Crippen molar-refractivity contribution in [3.8, 4) is 27.6 Å². The number of ether oxygens (including phenoxy) is 1. The number of benzene rings is 2. The van der Waals surface area contributed by atoms with Gasteiger partial charge in [0.25, 0.3) is 5.56 Å². The van der Waals surface area contributed by atoms with Crippen molar-refractivity contribution in [3.63, 3.8) is 0 Å². The van der Waals surface area contributed by atoms with Crippen molar-refractivity contribution >= 4 is 33.3 Å². The van der Waals surface area contributed by atoms with Gasteiger partial charge in [-0.3, -0.25) is 9.36 Å². The first-order valence-electron chi connectivity index (χ1n) is 10.4. The van der Waals surface area contributed by atoms with Gasteiger partial charge in [0.2, 0.25) is 11.7 Å². The second-order valence-electron chi connectivity index (χ2n) is 7.21. The molecule has 3 aromatic heterocycles. The molecule has 7 nitrogen and oxygen atoms in total. The number of fused-ring (bicyclic) bond motifs is 1. The van der Waals surface area contributed by atoms with Crippen LogP contribution in [0.3, 0.4) is 0 Å². The molecule has 0 amide bonds. The number of aromatic nitrogens is 4. The van der Waals surface area contributed by atoms with E-state index >= 15 is 0 Å². The molecule has 2 aromatic carbocycles. The summed E-state index contributed by atoms with van der Waals surface area (Å²) in [5, 5.41) is 4.68. The second kappa shape index (κ2) is 9.21. The topological polar surface area (TPSA) is 83.0 Å². The highest BCUT2D eigenvalue weighted by molar-refractivity contribution is 7.98. The molecule has 0 aliphatic heterocycles. The molecule has 0 fully saturated rings. The molecule has 0 aliphatic rings. The standard InChI is InChI=1S/C24H20N4O3S2/c1-3-30-17-11-9-16(10-12-17)22-26-20(31-27-22)14-32-24-25-18-13-19(15-7-5-4-6-8-15)33-21(18)23(29)28(24)2/h4-13H,3,14H2,1-2H3. The number of hydrogen-bond donors (Lipinski definition) is 0. The van der Waals surface area contributed by atoms with Gasteiger partial charge in [0.1, 0.15) is 10.4 Å². The zero-order chi connectivity index (χ0) is 22.8. The van der Waals surface area contributed by atoms with Gasteiger partial charge < -0.3 is 9.26 Å². The fourth-order valence-electron chi connectivity index (χ4n) is 3.33. The van der Waals surface area contributed by atoms with Crippen LogP contribution in [0.2, 0.25) is 0 Å². The van der Waals surface area contributed by atoms with E-state index in [0.717, 1.165) is 21.8 Å². The first kappa shape index (κ1) is 21.4. The predicted octanol–water partition coefficient (Wildman–Crippen LogP) is 5.40. The van der Waals surface area contributed by atoms with E-state index in [-0.39, 0.29) is 5.56 Å². The van der Waals surface area contributed by atoms with Crippen LogP contribution in [0.25, 0.3) is 32.0 Å². The molecular weight excluding hydrogens is 456 g/mol. The van der Waals surface area contributed by atoms with Gasteiger partial charge in [-0.25, -0.2) is 4.98 Å². The Labute approximate surface area is 198 Å².